The summed E-state index contributed by atoms with van der Waals surface area (Å²) in [4.78, 5) is 20.6. The highest BCUT2D eigenvalue weighted by Crippen LogP contribution is 2.22. The van der Waals surface area contributed by atoms with Crippen LogP contribution in [-0.2, 0) is 9.59 Å². The Morgan fingerprint density at radius 3 is 1.17 bits per heavy atom. The summed E-state index contributed by atoms with van der Waals surface area (Å²) >= 11 is 0. The molecule has 4 N–H and O–H groups in total. The van der Waals surface area contributed by atoms with E-state index in [1.54, 1.807) is 0 Å². The number of carbonyl (C=O) groups is 2. The van der Waals surface area contributed by atoms with Gasteiger partial charge in [-0.15, -0.1) is 0 Å². The molecule has 0 aromatic heterocycles. The number of hydrogen-bond donors (Lipinski definition) is 4. The second kappa shape index (κ2) is 2.72. The van der Waals surface area contributed by atoms with E-state index in [9.17, 15) is 9.59 Å². The van der Waals surface area contributed by atoms with Gasteiger partial charge in [0.15, 0.2) is 11.2 Å². The van der Waals surface area contributed by atoms with E-state index in [1.807, 2.05) is 0 Å². The first kappa shape index (κ1) is 10.9. The molecule has 2 atom stereocenters. The molecule has 0 fully saturated rings. The Bertz CT molecular complexity index is 192. The summed E-state index contributed by atoms with van der Waals surface area (Å²) in [7, 11) is 0. The number of carboxylic acid groups (broad SMARTS) is 2. The molecule has 0 saturated heterocycles. The largest absolute Gasteiger partial charge is 0.479 e. The molecule has 0 aliphatic rings. The zero-order valence-electron chi connectivity index (χ0n) is 6.61. The van der Waals surface area contributed by atoms with Gasteiger partial charge in [0.05, 0.1) is 0 Å². The standard InChI is InChI=1S/C6H10O6/c1-5(11,3(7)8)6(2,12)4(9)10/h11-12H,1-2H3,(H,7,8)(H,9,10)/t5-,6-/m1/s1. The van der Waals surface area contributed by atoms with E-state index in [1.165, 1.54) is 0 Å². The lowest BCUT2D eigenvalue weighted by Crippen LogP contribution is -2.60. The van der Waals surface area contributed by atoms with Crippen LogP contribution in [0.4, 0.5) is 0 Å². The van der Waals surface area contributed by atoms with Crippen molar-refractivity contribution in [3.8, 4) is 0 Å². The molecule has 0 heterocycles. The number of aliphatic hydroxyl groups is 2. The van der Waals surface area contributed by atoms with Crippen molar-refractivity contribution in [1.82, 2.24) is 0 Å². The zero-order valence-corrected chi connectivity index (χ0v) is 6.61. The average Bonchev–Trinajstić information content (AvgIpc) is 1.86. The fraction of sp³-hybridized carbons (Fsp3) is 0.667. The van der Waals surface area contributed by atoms with Crippen molar-refractivity contribution in [1.29, 1.82) is 0 Å². The summed E-state index contributed by atoms with van der Waals surface area (Å²) in [5.74, 6) is -3.59. The lowest BCUT2D eigenvalue weighted by Gasteiger charge is -2.30. The van der Waals surface area contributed by atoms with Gasteiger partial charge in [0, 0.05) is 0 Å². The fourth-order valence-corrected chi connectivity index (χ4v) is 0.416. The van der Waals surface area contributed by atoms with Gasteiger partial charge in [-0.25, -0.2) is 9.59 Å². The van der Waals surface area contributed by atoms with Crippen molar-refractivity contribution in [3.63, 3.8) is 0 Å². The van der Waals surface area contributed by atoms with Gasteiger partial charge in [0.25, 0.3) is 0 Å². The van der Waals surface area contributed by atoms with Crippen LogP contribution in [0.1, 0.15) is 13.8 Å². The van der Waals surface area contributed by atoms with Crippen molar-refractivity contribution in [2.24, 2.45) is 0 Å². The summed E-state index contributed by atoms with van der Waals surface area (Å²) in [6.07, 6.45) is 0. The molecule has 0 bridgehead atoms. The van der Waals surface area contributed by atoms with E-state index < -0.39 is 23.1 Å². The van der Waals surface area contributed by atoms with Crippen LogP contribution in [0.3, 0.4) is 0 Å². The van der Waals surface area contributed by atoms with Gasteiger partial charge in [0.1, 0.15) is 0 Å². The van der Waals surface area contributed by atoms with Crippen LogP contribution in [0.2, 0.25) is 0 Å². The van der Waals surface area contributed by atoms with Gasteiger partial charge in [-0.05, 0) is 13.8 Å². The minimum atomic E-state index is -2.71. The Kier molecular flexibility index (Phi) is 2.46. The summed E-state index contributed by atoms with van der Waals surface area (Å²) in [5, 5.41) is 34.8. The summed E-state index contributed by atoms with van der Waals surface area (Å²) < 4.78 is 0. The molecule has 6 heteroatoms. The third-order valence-electron chi connectivity index (χ3n) is 1.78. The lowest BCUT2D eigenvalue weighted by atomic mass is 9.86. The van der Waals surface area contributed by atoms with Crippen molar-refractivity contribution in [3.05, 3.63) is 0 Å². The summed E-state index contributed by atoms with van der Waals surface area (Å²) in [5.41, 5.74) is -5.42. The molecule has 0 rings (SSSR count). The summed E-state index contributed by atoms with van der Waals surface area (Å²) in [6.45, 7) is 1.42. The first-order chi connectivity index (χ1) is 5.14. The van der Waals surface area contributed by atoms with Gasteiger partial charge in [-0.1, -0.05) is 0 Å². The first-order valence-corrected chi connectivity index (χ1v) is 3.05. The third kappa shape index (κ3) is 1.39. The highest BCUT2D eigenvalue weighted by atomic mass is 16.4. The number of carboxylic acids is 2. The van der Waals surface area contributed by atoms with E-state index >= 15 is 0 Å². The molecule has 0 aromatic carbocycles. The van der Waals surface area contributed by atoms with E-state index in [2.05, 4.69) is 0 Å². The number of aliphatic carboxylic acids is 2. The van der Waals surface area contributed by atoms with Crippen LogP contribution in [-0.4, -0.2) is 43.6 Å². The average molecular weight is 178 g/mol. The van der Waals surface area contributed by atoms with Gasteiger partial charge < -0.3 is 20.4 Å². The van der Waals surface area contributed by atoms with E-state index in [-0.39, 0.29) is 0 Å². The molecule has 0 unspecified atom stereocenters. The fourth-order valence-electron chi connectivity index (χ4n) is 0.416. The maximum absolute atomic E-state index is 10.3. The topological polar surface area (TPSA) is 115 Å². The number of hydrogen-bond acceptors (Lipinski definition) is 4. The minimum absolute atomic E-state index is 0.712. The highest BCUT2D eigenvalue weighted by Gasteiger charge is 2.53. The van der Waals surface area contributed by atoms with Gasteiger partial charge >= 0.3 is 11.9 Å². The first-order valence-electron chi connectivity index (χ1n) is 3.05. The van der Waals surface area contributed by atoms with Gasteiger partial charge in [-0.2, -0.15) is 0 Å². The lowest BCUT2D eigenvalue weighted by molar-refractivity contribution is -0.199. The second-order valence-corrected chi connectivity index (χ2v) is 2.75. The molecule has 6 nitrogen and oxygen atoms in total. The molecule has 12 heavy (non-hydrogen) atoms. The van der Waals surface area contributed by atoms with Crippen LogP contribution < -0.4 is 0 Å². The SMILES string of the molecule is C[C@@](O)(C(=O)O)[C@](C)(O)C(=O)O. The molecule has 70 valence electrons. The smallest absolute Gasteiger partial charge is 0.339 e. The maximum atomic E-state index is 10.3. The molecule has 0 saturated carbocycles. The van der Waals surface area contributed by atoms with Gasteiger partial charge in [-0.3, -0.25) is 0 Å². The predicted octanol–water partition coefficient (Wildman–Crippen LogP) is -1.34. The van der Waals surface area contributed by atoms with Crippen molar-refractivity contribution >= 4 is 11.9 Å². The second-order valence-electron chi connectivity index (χ2n) is 2.75. The Labute approximate surface area is 68.1 Å². The maximum Gasteiger partial charge on any atom is 0.339 e. The van der Waals surface area contributed by atoms with Crippen LogP contribution in [0.15, 0.2) is 0 Å². The Morgan fingerprint density at radius 2 is 1.08 bits per heavy atom. The normalized spacial score (nSPS) is 20.7. The molecular formula is C6H10O6. The van der Waals surface area contributed by atoms with Crippen LogP contribution in [0.25, 0.3) is 0 Å². The van der Waals surface area contributed by atoms with E-state index in [0.717, 1.165) is 0 Å². The summed E-state index contributed by atoms with van der Waals surface area (Å²) in [6, 6.07) is 0. The van der Waals surface area contributed by atoms with Crippen LogP contribution >= 0.6 is 0 Å². The molecule has 0 radical (unpaired) electrons. The van der Waals surface area contributed by atoms with Crippen LogP contribution in [0.5, 0.6) is 0 Å². The Morgan fingerprint density at radius 1 is 0.917 bits per heavy atom. The molecule has 0 spiro atoms. The molecule has 0 aliphatic carbocycles. The molecule has 0 aromatic rings. The van der Waals surface area contributed by atoms with Crippen LogP contribution in [0, 0.1) is 0 Å². The number of rotatable bonds is 3. The predicted molar refractivity (Wildman–Crippen MR) is 36.5 cm³/mol. The van der Waals surface area contributed by atoms with Gasteiger partial charge in [0.2, 0.25) is 0 Å². The highest BCUT2D eigenvalue weighted by molar-refractivity contribution is 5.89. The minimum Gasteiger partial charge on any atom is -0.479 e. The third-order valence-corrected chi connectivity index (χ3v) is 1.78. The zero-order chi connectivity index (χ0) is 10.2. The molecule has 0 aliphatic heterocycles. The Balaban J connectivity index is 5.01. The monoisotopic (exact) mass is 178 g/mol. The van der Waals surface area contributed by atoms with Crippen molar-refractivity contribution < 1.29 is 30.0 Å². The van der Waals surface area contributed by atoms with Crippen molar-refractivity contribution in [2.45, 2.75) is 25.0 Å². The van der Waals surface area contributed by atoms with Crippen molar-refractivity contribution in [2.75, 3.05) is 0 Å². The van der Waals surface area contributed by atoms with E-state index in [4.69, 9.17) is 20.4 Å². The van der Waals surface area contributed by atoms with E-state index in [0.29, 0.717) is 13.8 Å². The molecule has 0 amide bonds. The quantitative estimate of drug-likeness (QED) is 0.425. The Hall–Kier alpha value is -1.14. The molecular weight excluding hydrogens is 168 g/mol.